The maximum absolute atomic E-state index is 5.69. The molecule has 1 aromatic heterocycles. The van der Waals surface area contributed by atoms with Gasteiger partial charge < -0.3 is 15.0 Å². The van der Waals surface area contributed by atoms with Gasteiger partial charge in [0, 0.05) is 24.3 Å². The molecule has 96 valence electrons. The van der Waals surface area contributed by atoms with Crippen molar-refractivity contribution >= 4 is 0 Å². The van der Waals surface area contributed by atoms with Crippen LogP contribution >= 0.6 is 0 Å². The summed E-state index contributed by atoms with van der Waals surface area (Å²) in [5, 5.41) is 3.09. The zero-order chi connectivity index (χ0) is 12.9. The Morgan fingerprint density at radius 2 is 2.06 bits per heavy atom. The molecule has 17 heavy (non-hydrogen) atoms. The number of hydrogen-bond acceptors (Lipinski definition) is 4. The van der Waals surface area contributed by atoms with E-state index in [1.165, 1.54) is 0 Å². The van der Waals surface area contributed by atoms with Crippen LogP contribution in [0.25, 0.3) is 0 Å². The summed E-state index contributed by atoms with van der Waals surface area (Å²) in [6.07, 6.45) is 1.84. The van der Waals surface area contributed by atoms with Crippen molar-refractivity contribution in [3.8, 4) is 5.88 Å². The van der Waals surface area contributed by atoms with Crippen LogP contribution in [0.1, 0.15) is 19.4 Å². The second-order valence-electron chi connectivity index (χ2n) is 5.03. The number of rotatable bonds is 6. The normalized spacial score (nSPS) is 11.9. The fourth-order valence-corrected chi connectivity index (χ4v) is 1.18. The molecule has 0 radical (unpaired) electrons. The van der Waals surface area contributed by atoms with Gasteiger partial charge in [-0.2, -0.15) is 0 Å². The third-order valence-electron chi connectivity index (χ3n) is 2.96. The molecule has 0 saturated heterocycles. The molecule has 0 aromatic carbocycles. The topological polar surface area (TPSA) is 37.4 Å². The van der Waals surface area contributed by atoms with Crippen LogP contribution in [-0.2, 0) is 6.54 Å². The second kappa shape index (κ2) is 5.98. The number of nitrogens with zero attached hydrogens (tertiary/aromatic N) is 2. The second-order valence-corrected chi connectivity index (χ2v) is 5.03. The Hall–Kier alpha value is -1.13. The average Bonchev–Trinajstić information content (AvgIpc) is 2.28. The summed E-state index contributed by atoms with van der Waals surface area (Å²) < 4.78 is 5.69. The minimum atomic E-state index is 0.00528. The van der Waals surface area contributed by atoms with Crippen LogP contribution in [0.5, 0.6) is 5.88 Å². The lowest BCUT2D eigenvalue weighted by molar-refractivity contribution is 0.111. The maximum atomic E-state index is 5.69. The standard InChI is InChI=1S/C13H23N3O/c1-13(2,16(4)5)10-17-12-7-6-11(8-14-3)9-15-12/h6-7,9,14H,8,10H2,1-5H3. The number of aromatic nitrogens is 1. The Morgan fingerprint density at radius 3 is 2.53 bits per heavy atom. The van der Waals surface area contributed by atoms with Crippen molar-refractivity contribution in [2.24, 2.45) is 0 Å². The van der Waals surface area contributed by atoms with Crippen molar-refractivity contribution in [3.63, 3.8) is 0 Å². The molecule has 0 bridgehead atoms. The molecule has 4 nitrogen and oxygen atoms in total. The van der Waals surface area contributed by atoms with Gasteiger partial charge in [-0.25, -0.2) is 4.98 Å². The van der Waals surface area contributed by atoms with E-state index in [0.717, 1.165) is 12.1 Å². The molecule has 1 rings (SSSR count). The van der Waals surface area contributed by atoms with Gasteiger partial charge in [-0.3, -0.25) is 0 Å². The van der Waals surface area contributed by atoms with Crippen LogP contribution in [0.3, 0.4) is 0 Å². The monoisotopic (exact) mass is 237 g/mol. The molecule has 0 spiro atoms. The summed E-state index contributed by atoms with van der Waals surface area (Å²) in [4.78, 5) is 6.42. The first kappa shape index (κ1) is 13.9. The lowest BCUT2D eigenvalue weighted by Crippen LogP contribution is -2.43. The number of pyridine rings is 1. The van der Waals surface area contributed by atoms with Crippen LogP contribution < -0.4 is 10.1 Å². The smallest absolute Gasteiger partial charge is 0.213 e. The summed E-state index contributed by atoms with van der Waals surface area (Å²) in [5.41, 5.74) is 1.16. The van der Waals surface area contributed by atoms with E-state index in [2.05, 4.69) is 29.0 Å². The number of likely N-dealkylation sites (N-methyl/N-ethyl adjacent to an activating group) is 1. The summed E-state index contributed by atoms with van der Waals surface area (Å²) in [6.45, 7) is 5.74. The molecular weight excluding hydrogens is 214 g/mol. The third-order valence-corrected chi connectivity index (χ3v) is 2.96. The van der Waals surface area contributed by atoms with E-state index < -0.39 is 0 Å². The minimum Gasteiger partial charge on any atom is -0.476 e. The Balaban J connectivity index is 2.52. The summed E-state index contributed by atoms with van der Waals surface area (Å²) in [5.74, 6) is 0.680. The molecule has 1 heterocycles. The van der Waals surface area contributed by atoms with Crippen molar-refractivity contribution in [2.75, 3.05) is 27.7 Å². The molecule has 0 saturated carbocycles. The molecule has 0 aliphatic carbocycles. The van der Waals surface area contributed by atoms with Gasteiger partial charge in [-0.05, 0) is 40.6 Å². The fraction of sp³-hybridized carbons (Fsp3) is 0.615. The number of nitrogens with one attached hydrogen (secondary N) is 1. The lowest BCUT2D eigenvalue weighted by Gasteiger charge is -2.31. The van der Waals surface area contributed by atoms with Gasteiger partial charge in [0.2, 0.25) is 5.88 Å². The van der Waals surface area contributed by atoms with Crippen molar-refractivity contribution in [1.29, 1.82) is 0 Å². The molecule has 1 N–H and O–H groups in total. The van der Waals surface area contributed by atoms with E-state index >= 15 is 0 Å². The molecular formula is C13H23N3O. The fourth-order valence-electron chi connectivity index (χ4n) is 1.18. The zero-order valence-electron chi connectivity index (χ0n) is 11.4. The molecule has 0 aliphatic heterocycles. The molecule has 0 aliphatic rings. The summed E-state index contributed by atoms with van der Waals surface area (Å²) >= 11 is 0. The van der Waals surface area contributed by atoms with Gasteiger partial charge in [0.25, 0.3) is 0 Å². The van der Waals surface area contributed by atoms with Gasteiger partial charge in [-0.15, -0.1) is 0 Å². The highest BCUT2D eigenvalue weighted by Gasteiger charge is 2.21. The Kier molecular flexibility index (Phi) is 4.90. The van der Waals surface area contributed by atoms with Crippen LogP contribution in [0.2, 0.25) is 0 Å². The van der Waals surface area contributed by atoms with Crippen molar-refractivity contribution in [3.05, 3.63) is 23.9 Å². The zero-order valence-corrected chi connectivity index (χ0v) is 11.4. The van der Waals surface area contributed by atoms with Gasteiger partial charge in [0.1, 0.15) is 6.61 Å². The van der Waals surface area contributed by atoms with Gasteiger partial charge in [-0.1, -0.05) is 6.07 Å². The van der Waals surface area contributed by atoms with Crippen molar-refractivity contribution in [1.82, 2.24) is 15.2 Å². The molecule has 4 heteroatoms. The van der Waals surface area contributed by atoms with Crippen molar-refractivity contribution < 1.29 is 4.74 Å². The largest absolute Gasteiger partial charge is 0.476 e. The van der Waals surface area contributed by atoms with E-state index in [4.69, 9.17) is 4.74 Å². The van der Waals surface area contributed by atoms with E-state index in [9.17, 15) is 0 Å². The minimum absolute atomic E-state index is 0.00528. The van der Waals surface area contributed by atoms with E-state index in [-0.39, 0.29) is 5.54 Å². The first-order valence-electron chi connectivity index (χ1n) is 5.85. The number of ether oxygens (including phenoxy) is 1. The highest BCUT2D eigenvalue weighted by Crippen LogP contribution is 2.14. The van der Waals surface area contributed by atoms with Crippen LogP contribution in [0.4, 0.5) is 0 Å². The predicted molar refractivity (Wildman–Crippen MR) is 70.3 cm³/mol. The highest BCUT2D eigenvalue weighted by molar-refractivity contribution is 5.17. The molecule has 0 fully saturated rings. The molecule has 0 amide bonds. The third kappa shape index (κ3) is 4.32. The molecule has 0 atom stereocenters. The summed E-state index contributed by atoms with van der Waals surface area (Å²) in [6, 6.07) is 3.94. The lowest BCUT2D eigenvalue weighted by atomic mass is 10.1. The Morgan fingerprint density at radius 1 is 1.35 bits per heavy atom. The van der Waals surface area contributed by atoms with Crippen LogP contribution in [-0.4, -0.2) is 43.2 Å². The maximum Gasteiger partial charge on any atom is 0.213 e. The van der Waals surface area contributed by atoms with E-state index in [1.54, 1.807) is 0 Å². The Bertz CT molecular complexity index is 333. The van der Waals surface area contributed by atoms with Gasteiger partial charge in [0.15, 0.2) is 0 Å². The van der Waals surface area contributed by atoms with E-state index in [0.29, 0.717) is 12.5 Å². The molecule has 0 unspecified atom stereocenters. The van der Waals surface area contributed by atoms with Gasteiger partial charge >= 0.3 is 0 Å². The quantitative estimate of drug-likeness (QED) is 0.814. The van der Waals surface area contributed by atoms with E-state index in [1.807, 2.05) is 39.5 Å². The summed E-state index contributed by atoms with van der Waals surface area (Å²) in [7, 11) is 6.02. The van der Waals surface area contributed by atoms with Crippen molar-refractivity contribution in [2.45, 2.75) is 25.9 Å². The SMILES string of the molecule is CNCc1ccc(OCC(C)(C)N(C)C)nc1. The van der Waals surface area contributed by atoms with Crippen LogP contribution in [0, 0.1) is 0 Å². The first-order valence-corrected chi connectivity index (χ1v) is 5.85. The molecule has 1 aromatic rings. The van der Waals surface area contributed by atoms with Crippen LogP contribution in [0.15, 0.2) is 18.3 Å². The predicted octanol–water partition coefficient (Wildman–Crippen LogP) is 1.52. The first-order chi connectivity index (χ1) is 7.95. The Labute approximate surface area is 104 Å². The highest BCUT2D eigenvalue weighted by atomic mass is 16.5. The average molecular weight is 237 g/mol. The number of hydrogen-bond donors (Lipinski definition) is 1. The van der Waals surface area contributed by atoms with Gasteiger partial charge in [0.05, 0.1) is 0 Å².